The van der Waals surface area contributed by atoms with E-state index in [1.807, 2.05) is 30.3 Å². The van der Waals surface area contributed by atoms with Crippen molar-refractivity contribution in [3.8, 4) is 11.5 Å². The largest absolute Gasteiger partial charge is 0.494 e. The zero-order valence-electron chi connectivity index (χ0n) is 19.6. The lowest BCUT2D eigenvalue weighted by molar-refractivity contribution is -0.121. The fraction of sp³-hybridized carbons (Fsp3) is 0.222. The average Bonchev–Trinajstić information content (AvgIpc) is 2.88. The van der Waals surface area contributed by atoms with E-state index in [4.69, 9.17) is 9.47 Å². The lowest BCUT2D eigenvalue weighted by Gasteiger charge is -2.24. The first-order valence-corrected chi connectivity index (χ1v) is 11.3. The van der Waals surface area contributed by atoms with Crippen LogP contribution in [0, 0.1) is 5.92 Å². The molecule has 180 valence electrons. The SMILES string of the molecule is COc1cc(NC(=O)c2ccccc2)c(OC)cc1NC(=O)CCC1Cc2ccccc2NC1=O. The number of carbonyl (C=O) groups excluding carboxylic acids is 3. The summed E-state index contributed by atoms with van der Waals surface area (Å²) in [4.78, 5) is 37.7. The summed E-state index contributed by atoms with van der Waals surface area (Å²) in [5.41, 5.74) is 3.21. The molecular weight excluding hydrogens is 446 g/mol. The van der Waals surface area contributed by atoms with Crippen molar-refractivity contribution in [1.82, 2.24) is 0 Å². The molecule has 1 heterocycles. The fourth-order valence-corrected chi connectivity index (χ4v) is 4.04. The molecule has 0 fully saturated rings. The lowest BCUT2D eigenvalue weighted by atomic mass is 9.89. The molecule has 0 radical (unpaired) electrons. The van der Waals surface area contributed by atoms with Crippen molar-refractivity contribution in [1.29, 1.82) is 0 Å². The smallest absolute Gasteiger partial charge is 0.255 e. The molecule has 1 atom stereocenters. The molecule has 0 aromatic heterocycles. The van der Waals surface area contributed by atoms with Crippen molar-refractivity contribution in [2.75, 3.05) is 30.2 Å². The van der Waals surface area contributed by atoms with Crippen LogP contribution < -0.4 is 25.4 Å². The monoisotopic (exact) mass is 473 g/mol. The van der Waals surface area contributed by atoms with Gasteiger partial charge in [-0.25, -0.2) is 0 Å². The van der Waals surface area contributed by atoms with Crippen LogP contribution in [-0.4, -0.2) is 31.9 Å². The molecule has 0 saturated heterocycles. The van der Waals surface area contributed by atoms with Crippen LogP contribution >= 0.6 is 0 Å². The summed E-state index contributed by atoms with van der Waals surface area (Å²) < 4.78 is 10.9. The summed E-state index contributed by atoms with van der Waals surface area (Å²) >= 11 is 0. The van der Waals surface area contributed by atoms with Gasteiger partial charge in [-0.15, -0.1) is 0 Å². The number of hydrogen-bond donors (Lipinski definition) is 3. The molecular formula is C27H27N3O5. The molecule has 1 aliphatic heterocycles. The van der Waals surface area contributed by atoms with E-state index < -0.39 is 0 Å². The van der Waals surface area contributed by atoms with E-state index in [0.29, 0.717) is 41.3 Å². The van der Waals surface area contributed by atoms with Crippen LogP contribution in [0.1, 0.15) is 28.8 Å². The van der Waals surface area contributed by atoms with Crippen molar-refractivity contribution in [2.45, 2.75) is 19.3 Å². The minimum Gasteiger partial charge on any atom is -0.494 e. The van der Waals surface area contributed by atoms with Gasteiger partial charge < -0.3 is 25.4 Å². The van der Waals surface area contributed by atoms with Gasteiger partial charge in [-0.05, 0) is 36.6 Å². The number of hydrogen-bond acceptors (Lipinski definition) is 5. The van der Waals surface area contributed by atoms with E-state index in [2.05, 4.69) is 16.0 Å². The molecule has 0 saturated carbocycles. The first-order valence-electron chi connectivity index (χ1n) is 11.3. The zero-order valence-corrected chi connectivity index (χ0v) is 19.6. The lowest BCUT2D eigenvalue weighted by Crippen LogP contribution is -2.30. The Kier molecular flexibility index (Phi) is 7.30. The standard InChI is InChI=1S/C27H27N3O5/c1-34-23-16-22(30-26(32)17-8-4-3-5-9-17)24(35-2)15-21(23)28-25(31)13-12-19-14-18-10-6-7-11-20(18)29-27(19)33/h3-11,15-16,19H,12-14H2,1-2H3,(H,28,31)(H,29,33)(H,30,32). The maximum Gasteiger partial charge on any atom is 0.255 e. The van der Waals surface area contributed by atoms with E-state index in [1.165, 1.54) is 14.2 Å². The Hall–Kier alpha value is -4.33. The normalized spacial score (nSPS) is 14.3. The minimum absolute atomic E-state index is 0.0748. The molecule has 8 heteroatoms. The van der Waals surface area contributed by atoms with Gasteiger partial charge in [-0.3, -0.25) is 14.4 Å². The van der Waals surface area contributed by atoms with Gasteiger partial charge in [0.1, 0.15) is 11.5 Å². The van der Waals surface area contributed by atoms with Crippen LogP contribution in [0.25, 0.3) is 0 Å². The number of rotatable bonds is 8. The molecule has 1 unspecified atom stereocenters. The molecule has 0 aliphatic carbocycles. The molecule has 3 amide bonds. The Bertz CT molecular complexity index is 1240. The summed E-state index contributed by atoms with van der Waals surface area (Å²) in [6.45, 7) is 0. The van der Waals surface area contributed by atoms with Crippen LogP contribution in [0.4, 0.5) is 17.1 Å². The number of methoxy groups -OCH3 is 2. The molecule has 3 aromatic rings. The number of carbonyl (C=O) groups is 3. The quantitative estimate of drug-likeness (QED) is 0.447. The highest BCUT2D eigenvalue weighted by atomic mass is 16.5. The third-order valence-electron chi connectivity index (χ3n) is 5.91. The predicted molar refractivity (Wildman–Crippen MR) is 134 cm³/mol. The van der Waals surface area contributed by atoms with E-state index in [1.54, 1.807) is 36.4 Å². The van der Waals surface area contributed by atoms with Gasteiger partial charge in [0.2, 0.25) is 11.8 Å². The number of benzene rings is 3. The highest BCUT2D eigenvalue weighted by Gasteiger charge is 2.26. The molecule has 0 spiro atoms. The van der Waals surface area contributed by atoms with E-state index in [-0.39, 0.29) is 30.1 Å². The number of para-hydroxylation sites is 1. The van der Waals surface area contributed by atoms with Crippen LogP contribution in [-0.2, 0) is 16.0 Å². The molecule has 1 aliphatic rings. The number of nitrogens with one attached hydrogen (secondary N) is 3. The van der Waals surface area contributed by atoms with E-state index in [9.17, 15) is 14.4 Å². The van der Waals surface area contributed by atoms with Crippen molar-refractivity contribution in [2.24, 2.45) is 5.92 Å². The van der Waals surface area contributed by atoms with Crippen LogP contribution in [0.3, 0.4) is 0 Å². The Morgan fingerprint density at radius 1 is 0.914 bits per heavy atom. The van der Waals surface area contributed by atoms with Gasteiger partial charge in [0.25, 0.3) is 5.91 Å². The first kappa shape index (κ1) is 23.8. The summed E-state index contributed by atoms with van der Waals surface area (Å²) in [5, 5.41) is 8.56. The van der Waals surface area contributed by atoms with Crippen molar-refractivity contribution in [3.63, 3.8) is 0 Å². The number of amides is 3. The summed E-state index contributed by atoms with van der Waals surface area (Å²) in [7, 11) is 2.95. The predicted octanol–water partition coefficient (Wildman–Crippen LogP) is 4.49. The molecule has 3 N–H and O–H groups in total. The first-order chi connectivity index (χ1) is 17.0. The topological polar surface area (TPSA) is 106 Å². The molecule has 35 heavy (non-hydrogen) atoms. The molecule has 0 bridgehead atoms. The Balaban J connectivity index is 1.42. The van der Waals surface area contributed by atoms with E-state index >= 15 is 0 Å². The maximum absolute atomic E-state index is 12.7. The van der Waals surface area contributed by atoms with Crippen LogP contribution in [0.15, 0.2) is 66.7 Å². The summed E-state index contributed by atoms with van der Waals surface area (Å²) in [6.07, 6.45) is 1.18. The molecule has 8 nitrogen and oxygen atoms in total. The Morgan fingerprint density at radius 2 is 1.54 bits per heavy atom. The fourth-order valence-electron chi connectivity index (χ4n) is 4.04. The van der Waals surface area contributed by atoms with Gasteiger partial charge >= 0.3 is 0 Å². The van der Waals surface area contributed by atoms with E-state index in [0.717, 1.165) is 11.3 Å². The van der Waals surface area contributed by atoms with Crippen molar-refractivity contribution < 1.29 is 23.9 Å². The Labute approximate surface area is 203 Å². The maximum atomic E-state index is 12.7. The van der Waals surface area contributed by atoms with Crippen LogP contribution in [0.5, 0.6) is 11.5 Å². The summed E-state index contributed by atoms with van der Waals surface area (Å²) in [5.74, 6) is -0.162. The number of anilines is 3. The molecule has 3 aromatic carbocycles. The van der Waals surface area contributed by atoms with Gasteiger partial charge in [-0.1, -0.05) is 36.4 Å². The molecule has 4 rings (SSSR count). The average molecular weight is 474 g/mol. The highest BCUT2D eigenvalue weighted by molar-refractivity contribution is 6.05. The number of fused-ring (bicyclic) bond motifs is 1. The highest BCUT2D eigenvalue weighted by Crippen LogP contribution is 2.37. The second-order valence-electron chi connectivity index (χ2n) is 8.21. The number of ether oxygens (including phenoxy) is 2. The minimum atomic E-state index is -0.296. The summed E-state index contributed by atoms with van der Waals surface area (Å²) in [6, 6.07) is 19.7. The van der Waals surface area contributed by atoms with Gasteiger partial charge in [-0.2, -0.15) is 0 Å². The Morgan fingerprint density at radius 3 is 2.23 bits per heavy atom. The van der Waals surface area contributed by atoms with Crippen molar-refractivity contribution >= 4 is 34.8 Å². The van der Waals surface area contributed by atoms with Gasteiger partial charge in [0.15, 0.2) is 0 Å². The van der Waals surface area contributed by atoms with Gasteiger partial charge in [0, 0.05) is 35.7 Å². The van der Waals surface area contributed by atoms with Crippen LogP contribution in [0.2, 0.25) is 0 Å². The second kappa shape index (κ2) is 10.7. The van der Waals surface area contributed by atoms with Gasteiger partial charge in [0.05, 0.1) is 25.6 Å². The third-order valence-corrected chi connectivity index (χ3v) is 5.91. The second-order valence-corrected chi connectivity index (χ2v) is 8.21. The third kappa shape index (κ3) is 5.60. The van der Waals surface area contributed by atoms with Crippen molar-refractivity contribution in [3.05, 3.63) is 77.9 Å². The zero-order chi connectivity index (χ0) is 24.8.